The summed E-state index contributed by atoms with van der Waals surface area (Å²) >= 11 is 0. The van der Waals surface area contributed by atoms with Crippen molar-refractivity contribution >= 4 is 22.4 Å². The number of carbonyl (C=O) groups excluding carboxylic acids is 1. The fourth-order valence-corrected chi connectivity index (χ4v) is 2.97. The maximum absolute atomic E-state index is 13.0. The summed E-state index contributed by atoms with van der Waals surface area (Å²) in [5, 5.41) is 8.18. The second-order valence-corrected chi connectivity index (χ2v) is 6.30. The number of fused-ring (bicyclic) bond motifs is 1. The quantitative estimate of drug-likeness (QED) is 0.678. The zero-order valence-electron chi connectivity index (χ0n) is 16.2. The summed E-state index contributed by atoms with van der Waals surface area (Å²) in [4.78, 5) is 25.6. The average Bonchev–Trinajstić information content (AvgIpc) is 2.73. The van der Waals surface area contributed by atoms with E-state index in [0.29, 0.717) is 34.5 Å². The topological polar surface area (TPSA) is 82.5 Å². The Morgan fingerprint density at radius 3 is 2.46 bits per heavy atom. The average molecular weight is 381 g/mol. The first-order valence-corrected chi connectivity index (χ1v) is 9.12. The second kappa shape index (κ2) is 8.56. The minimum absolute atomic E-state index is 0.188. The number of amides is 1. The number of unbranched alkanes of at least 4 members (excludes halogenated alkanes) is 1. The molecule has 0 radical (unpaired) electrons. The molecule has 28 heavy (non-hydrogen) atoms. The number of aromatic nitrogens is 2. The monoisotopic (exact) mass is 381 g/mol. The number of aryl methyl sites for hydroxylation is 1. The Morgan fingerprint density at radius 1 is 1.07 bits per heavy atom. The van der Waals surface area contributed by atoms with Gasteiger partial charge in [0.25, 0.3) is 11.5 Å². The van der Waals surface area contributed by atoms with Gasteiger partial charge in [0.15, 0.2) is 17.2 Å². The number of benzene rings is 2. The van der Waals surface area contributed by atoms with Crippen molar-refractivity contribution in [2.24, 2.45) is 0 Å². The molecular formula is C21H23N3O4. The van der Waals surface area contributed by atoms with Crippen molar-refractivity contribution in [3.8, 4) is 11.5 Å². The van der Waals surface area contributed by atoms with Crippen LogP contribution in [0.4, 0.5) is 5.69 Å². The maximum atomic E-state index is 13.0. The third kappa shape index (κ3) is 3.83. The fraction of sp³-hybridized carbons (Fsp3) is 0.286. The molecule has 0 aliphatic heterocycles. The van der Waals surface area contributed by atoms with Gasteiger partial charge in [-0.05, 0) is 24.6 Å². The van der Waals surface area contributed by atoms with Crippen LogP contribution in [-0.4, -0.2) is 29.9 Å². The van der Waals surface area contributed by atoms with E-state index in [9.17, 15) is 9.59 Å². The first-order valence-electron chi connectivity index (χ1n) is 9.12. The van der Waals surface area contributed by atoms with Crippen molar-refractivity contribution in [3.63, 3.8) is 0 Å². The minimum Gasteiger partial charge on any atom is -0.493 e. The van der Waals surface area contributed by atoms with Crippen molar-refractivity contribution in [2.45, 2.75) is 26.3 Å². The summed E-state index contributed by atoms with van der Waals surface area (Å²) in [6.07, 6.45) is 1.73. The van der Waals surface area contributed by atoms with Gasteiger partial charge < -0.3 is 14.8 Å². The van der Waals surface area contributed by atoms with Crippen LogP contribution in [0, 0.1) is 0 Å². The second-order valence-electron chi connectivity index (χ2n) is 6.30. The number of nitrogens with zero attached hydrogens (tertiary/aromatic N) is 2. The van der Waals surface area contributed by atoms with Gasteiger partial charge in [-0.2, -0.15) is 5.10 Å². The molecule has 3 rings (SSSR count). The van der Waals surface area contributed by atoms with Gasteiger partial charge in [0.1, 0.15) is 0 Å². The standard InChI is InChI=1S/C21H23N3O4/c1-4-5-12-24-21(26)16-9-7-6-8-15(16)19(23-24)20(25)22-14-10-11-17(27-2)18(13-14)28-3/h6-11,13H,4-5,12H2,1-3H3,(H,22,25). The predicted molar refractivity (Wildman–Crippen MR) is 108 cm³/mol. The molecule has 3 aromatic rings. The molecule has 2 aromatic carbocycles. The van der Waals surface area contributed by atoms with Crippen LogP contribution in [-0.2, 0) is 6.54 Å². The third-order valence-electron chi connectivity index (χ3n) is 4.45. The molecule has 0 fully saturated rings. The van der Waals surface area contributed by atoms with Crippen LogP contribution < -0.4 is 20.3 Å². The van der Waals surface area contributed by atoms with E-state index in [-0.39, 0.29) is 11.3 Å². The van der Waals surface area contributed by atoms with E-state index in [1.807, 2.05) is 6.92 Å². The Bertz CT molecular complexity index is 1060. The molecule has 1 heterocycles. The fourth-order valence-electron chi connectivity index (χ4n) is 2.97. The Kier molecular flexibility index (Phi) is 5.93. The van der Waals surface area contributed by atoms with E-state index in [4.69, 9.17) is 9.47 Å². The van der Waals surface area contributed by atoms with Crippen molar-refractivity contribution in [2.75, 3.05) is 19.5 Å². The number of methoxy groups -OCH3 is 2. The normalized spacial score (nSPS) is 10.7. The lowest BCUT2D eigenvalue weighted by molar-refractivity contribution is 0.102. The predicted octanol–water partition coefficient (Wildman–Crippen LogP) is 3.47. The molecule has 0 saturated heterocycles. The largest absolute Gasteiger partial charge is 0.493 e. The molecule has 0 bridgehead atoms. The number of hydrogen-bond donors (Lipinski definition) is 1. The summed E-state index contributed by atoms with van der Waals surface area (Å²) in [5.74, 6) is 0.678. The molecule has 0 spiro atoms. The number of hydrogen-bond acceptors (Lipinski definition) is 5. The minimum atomic E-state index is -0.395. The van der Waals surface area contributed by atoms with Gasteiger partial charge in [-0.25, -0.2) is 4.68 Å². The van der Waals surface area contributed by atoms with E-state index in [0.717, 1.165) is 12.8 Å². The highest BCUT2D eigenvalue weighted by Gasteiger charge is 2.17. The number of nitrogens with one attached hydrogen (secondary N) is 1. The molecule has 1 N–H and O–H groups in total. The lowest BCUT2D eigenvalue weighted by Gasteiger charge is -2.12. The molecular weight excluding hydrogens is 358 g/mol. The summed E-state index contributed by atoms with van der Waals surface area (Å²) in [5.41, 5.74) is 0.563. The van der Waals surface area contributed by atoms with Crippen LogP contribution in [0.5, 0.6) is 11.5 Å². The van der Waals surface area contributed by atoms with Crippen LogP contribution in [0.2, 0.25) is 0 Å². The highest BCUT2D eigenvalue weighted by atomic mass is 16.5. The lowest BCUT2D eigenvalue weighted by atomic mass is 10.1. The lowest BCUT2D eigenvalue weighted by Crippen LogP contribution is -2.27. The van der Waals surface area contributed by atoms with Gasteiger partial charge in [-0.1, -0.05) is 31.5 Å². The molecule has 1 aromatic heterocycles. The summed E-state index contributed by atoms with van der Waals surface area (Å²) in [6.45, 7) is 2.51. The summed E-state index contributed by atoms with van der Waals surface area (Å²) < 4.78 is 11.9. The zero-order chi connectivity index (χ0) is 20.1. The van der Waals surface area contributed by atoms with Crippen molar-refractivity contribution < 1.29 is 14.3 Å². The Morgan fingerprint density at radius 2 is 1.79 bits per heavy atom. The smallest absolute Gasteiger partial charge is 0.276 e. The molecule has 0 aliphatic carbocycles. The molecule has 7 nitrogen and oxygen atoms in total. The SMILES string of the molecule is CCCCn1nc(C(=O)Nc2ccc(OC)c(OC)c2)c2ccccc2c1=O. The van der Waals surface area contributed by atoms with Crippen LogP contribution in [0.3, 0.4) is 0 Å². The van der Waals surface area contributed by atoms with E-state index in [1.54, 1.807) is 49.6 Å². The summed E-state index contributed by atoms with van der Waals surface area (Å²) in [6, 6.07) is 12.1. The number of anilines is 1. The number of ether oxygens (including phenoxy) is 2. The van der Waals surface area contributed by atoms with E-state index in [2.05, 4.69) is 10.4 Å². The van der Waals surface area contributed by atoms with Crippen molar-refractivity contribution in [3.05, 3.63) is 58.5 Å². The maximum Gasteiger partial charge on any atom is 0.276 e. The number of rotatable bonds is 7. The molecule has 0 unspecified atom stereocenters. The first-order chi connectivity index (χ1) is 13.6. The van der Waals surface area contributed by atoms with Crippen LogP contribution in [0.15, 0.2) is 47.3 Å². The van der Waals surface area contributed by atoms with Gasteiger partial charge in [0, 0.05) is 23.7 Å². The Balaban J connectivity index is 2.01. The molecule has 0 saturated carbocycles. The van der Waals surface area contributed by atoms with Crippen LogP contribution in [0.1, 0.15) is 30.3 Å². The Labute approximate surface area is 162 Å². The van der Waals surface area contributed by atoms with E-state index in [1.165, 1.54) is 11.8 Å². The van der Waals surface area contributed by atoms with Gasteiger partial charge in [0.2, 0.25) is 0 Å². The Hall–Kier alpha value is -3.35. The molecule has 0 aliphatic rings. The van der Waals surface area contributed by atoms with Crippen LogP contribution in [0.25, 0.3) is 10.8 Å². The molecule has 0 atom stereocenters. The molecule has 1 amide bonds. The van der Waals surface area contributed by atoms with Gasteiger partial charge >= 0.3 is 0 Å². The van der Waals surface area contributed by atoms with E-state index >= 15 is 0 Å². The van der Waals surface area contributed by atoms with Crippen molar-refractivity contribution in [1.29, 1.82) is 0 Å². The van der Waals surface area contributed by atoms with Gasteiger partial charge in [-0.3, -0.25) is 9.59 Å². The number of carbonyl (C=O) groups is 1. The van der Waals surface area contributed by atoms with Crippen molar-refractivity contribution in [1.82, 2.24) is 9.78 Å². The first kappa shape index (κ1) is 19.4. The van der Waals surface area contributed by atoms with Crippen LogP contribution >= 0.6 is 0 Å². The third-order valence-corrected chi connectivity index (χ3v) is 4.45. The van der Waals surface area contributed by atoms with Gasteiger partial charge in [-0.15, -0.1) is 0 Å². The van der Waals surface area contributed by atoms with Gasteiger partial charge in [0.05, 0.1) is 19.6 Å². The highest BCUT2D eigenvalue weighted by molar-refractivity contribution is 6.11. The highest BCUT2D eigenvalue weighted by Crippen LogP contribution is 2.30. The molecule has 146 valence electrons. The summed E-state index contributed by atoms with van der Waals surface area (Å²) in [7, 11) is 3.08. The molecule has 7 heteroatoms. The van der Waals surface area contributed by atoms with E-state index < -0.39 is 5.91 Å². The zero-order valence-corrected chi connectivity index (χ0v) is 16.2.